The zero-order chi connectivity index (χ0) is 17.5. The summed E-state index contributed by atoms with van der Waals surface area (Å²) in [7, 11) is 1.67. The van der Waals surface area contributed by atoms with Crippen LogP contribution < -0.4 is 10.6 Å². The highest BCUT2D eigenvalue weighted by molar-refractivity contribution is 5.87. The summed E-state index contributed by atoms with van der Waals surface area (Å²) >= 11 is 0. The lowest BCUT2D eigenvalue weighted by molar-refractivity contribution is -0.124. The van der Waals surface area contributed by atoms with Crippen molar-refractivity contribution in [3.8, 4) is 0 Å². The summed E-state index contributed by atoms with van der Waals surface area (Å²) in [5.74, 6) is -0.123. The maximum Gasteiger partial charge on any atom is 0.317 e. The molecule has 0 aromatic heterocycles. The van der Waals surface area contributed by atoms with E-state index >= 15 is 0 Å². The lowest BCUT2D eigenvalue weighted by Gasteiger charge is -2.23. The number of aliphatic hydroxyl groups is 1. The number of nitrogens with zero attached hydrogens (tertiary/aromatic N) is 1. The third kappa shape index (κ3) is 5.71. The van der Waals surface area contributed by atoms with Crippen molar-refractivity contribution in [2.75, 3.05) is 20.2 Å². The van der Waals surface area contributed by atoms with Crippen LogP contribution in [0.25, 0.3) is 0 Å². The van der Waals surface area contributed by atoms with Crippen LogP contribution in [0.1, 0.15) is 32.6 Å². The van der Waals surface area contributed by atoms with E-state index in [1.807, 2.05) is 19.1 Å². The molecule has 6 nitrogen and oxygen atoms in total. The first-order valence-electron chi connectivity index (χ1n) is 8.06. The molecule has 1 saturated carbocycles. The molecule has 1 aliphatic carbocycles. The van der Waals surface area contributed by atoms with Crippen molar-refractivity contribution in [3.05, 3.63) is 25.3 Å². The number of carbonyl (C=O) groups is 2. The van der Waals surface area contributed by atoms with Gasteiger partial charge in [-0.05, 0) is 32.6 Å². The fraction of sp³-hybridized carbons (Fsp3) is 0.647. The Morgan fingerprint density at radius 3 is 2.65 bits per heavy atom. The largest absolute Gasteiger partial charge is 0.394 e. The van der Waals surface area contributed by atoms with Crippen LogP contribution in [0.3, 0.4) is 0 Å². The Hall–Kier alpha value is -1.82. The van der Waals surface area contributed by atoms with Crippen molar-refractivity contribution in [2.45, 2.75) is 44.2 Å². The Morgan fingerprint density at radius 2 is 2.13 bits per heavy atom. The zero-order valence-electron chi connectivity index (χ0n) is 14.2. The fourth-order valence-corrected chi connectivity index (χ4v) is 2.45. The summed E-state index contributed by atoms with van der Waals surface area (Å²) in [6.45, 7) is 9.47. The van der Waals surface area contributed by atoms with E-state index in [2.05, 4.69) is 23.8 Å². The maximum atomic E-state index is 12.2. The third-order valence-corrected chi connectivity index (χ3v) is 4.29. The number of allylic oxidation sites excluding steroid dienone is 1. The van der Waals surface area contributed by atoms with Crippen molar-refractivity contribution in [2.24, 2.45) is 5.92 Å². The number of unbranched alkanes of at least 4 members (excludes halogenated alkanes) is 2. The molecule has 0 unspecified atom stereocenters. The number of hydrogen-bond acceptors (Lipinski definition) is 3. The fourth-order valence-electron chi connectivity index (χ4n) is 2.45. The van der Waals surface area contributed by atoms with Crippen LogP contribution in [0.15, 0.2) is 25.3 Å². The normalized spacial score (nSPS) is 23.5. The van der Waals surface area contributed by atoms with Crippen LogP contribution >= 0.6 is 0 Å². The highest BCUT2D eigenvalue weighted by Crippen LogP contribution is 2.43. The summed E-state index contributed by atoms with van der Waals surface area (Å²) in [6, 6.07) is -1.31. The first-order valence-corrected chi connectivity index (χ1v) is 8.06. The number of aliphatic hydroxyl groups excluding tert-OH is 1. The first kappa shape index (κ1) is 19.2. The van der Waals surface area contributed by atoms with E-state index in [9.17, 15) is 14.7 Å². The summed E-state index contributed by atoms with van der Waals surface area (Å²) < 4.78 is 0. The molecule has 6 heteroatoms. The molecular weight excluding hydrogens is 294 g/mol. The summed E-state index contributed by atoms with van der Waals surface area (Å²) in [5, 5.41) is 14.8. The molecule has 0 spiro atoms. The highest BCUT2D eigenvalue weighted by Gasteiger charge is 2.49. The number of nitrogens with one attached hydrogen (secondary N) is 2. The molecule has 1 aliphatic rings. The Morgan fingerprint density at radius 1 is 1.43 bits per heavy atom. The molecule has 1 rings (SSSR count). The van der Waals surface area contributed by atoms with Crippen LogP contribution in [-0.4, -0.2) is 53.7 Å². The highest BCUT2D eigenvalue weighted by atomic mass is 16.3. The topological polar surface area (TPSA) is 81.7 Å². The zero-order valence-corrected chi connectivity index (χ0v) is 14.2. The van der Waals surface area contributed by atoms with Gasteiger partial charge in [-0.2, -0.15) is 0 Å². The second-order valence-electron chi connectivity index (χ2n) is 6.34. The number of hydrogen-bond donors (Lipinski definition) is 3. The molecule has 3 N–H and O–H groups in total. The van der Waals surface area contributed by atoms with Crippen LogP contribution in [0.2, 0.25) is 0 Å². The maximum absolute atomic E-state index is 12.2. The van der Waals surface area contributed by atoms with Gasteiger partial charge in [-0.25, -0.2) is 4.79 Å². The standard InChI is InChI=1S/C17H29N3O3/c1-5-7-8-9-10-20(4)16(23)18-14(12-21)15(22)19-17(3)11-13(17)6-2/h5-6,13-14,21H,1-2,7-12H2,3-4H3,(H,18,23)(H,19,22)/t13-,14+,17-/m1/s1. The Labute approximate surface area is 138 Å². The number of carbonyl (C=O) groups excluding carboxylic acids is 2. The summed E-state index contributed by atoms with van der Waals surface area (Å²) in [4.78, 5) is 25.8. The molecule has 3 amide bonds. The van der Waals surface area contributed by atoms with Gasteiger partial charge in [0.15, 0.2) is 0 Å². The molecule has 0 aliphatic heterocycles. The average Bonchev–Trinajstić information content (AvgIpc) is 3.18. The molecular formula is C17H29N3O3. The molecule has 23 heavy (non-hydrogen) atoms. The van der Waals surface area contributed by atoms with Gasteiger partial charge in [0.1, 0.15) is 6.04 Å². The van der Waals surface area contributed by atoms with Crippen LogP contribution in [0.4, 0.5) is 4.79 Å². The van der Waals surface area contributed by atoms with Gasteiger partial charge >= 0.3 is 6.03 Å². The van der Waals surface area contributed by atoms with Crippen LogP contribution in [0, 0.1) is 5.92 Å². The van der Waals surface area contributed by atoms with Gasteiger partial charge in [-0.1, -0.05) is 12.2 Å². The van der Waals surface area contributed by atoms with E-state index in [-0.39, 0.29) is 23.4 Å². The van der Waals surface area contributed by atoms with Gasteiger partial charge in [0.2, 0.25) is 5.91 Å². The molecule has 0 aromatic carbocycles. The van der Waals surface area contributed by atoms with Gasteiger partial charge in [-0.3, -0.25) is 4.79 Å². The minimum absolute atomic E-state index is 0.244. The molecule has 0 bridgehead atoms. The molecule has 0 saturated heterocycles. The molecule has 0 radical (unpaired) electrons. The van der Waals surface area contributed by atoms with E-state index in [0.717, 1.165) is 25.7 Å². The Bertz CT molecular complexity index is 452. The van der Waals surface area contributed by atoms with Gasteiger partial charge in [0.05, 0.1) is 6.61 Å². The SMILES string of the molecule is C=CCCCCN(C)C(=O)N[C@@H](CO)C(=O)N[C@]1(C)C[C@H]1C=C. The van der Waals surface area contributed by atoms with Gasteiger partial charge in [0.25, 0.3) is 0 Å². The first-order chi connectivity index (χ1) is 10.9. The Balaban J connectivity index is 2.42. The van der Waals surface area contributed by atoms with E-state index in [1.54, 1.807) is 7.05 Å². The van der Waals surface area contributed by atoms with Crippen molar-refractivity contribution in [1.82, 2.24) is 15.5 Å². The lowest BCUT2D eigenvalue weighted by atomic mass is 10.2. The minimum Gasteiger partial charge on any atom is -0.394 e. The smallest absolute Gasteiger partial charge is 0.317 e. The van der Waals surface area contributed by atoms with E-state index in [1.165, 1.54) is 4.90 Å². The quantitative estimate of drug-likeness (QED) is 0.420. The molecule has 1 fully saturated rings. The second-order valence-corrected chi connectivity index (χ2v) is 6.34. The predicted octanol–water partition coefficient (Wildman–Crippen LogP) is 1.43. The van der Waals surface area contributed by atoms with Gasteiger partial charge < -0.3 is 20.6 Å². The monoisotopic (exact) mass is 323 g/mol. The predicted molar refractivity (Wildman–Crippen MR) is 90.9 cm³/mol. The van der Waals surface area contributed by atoms with Crippen LogP contribution in [0.5, 0.6) is 0 Å². The number of urea groups is 1. The number of amides is 3. The van der Waals surface area contributed by atoms with Crippen molar-refractivity contribution in [3.63, 3.8) is 0 Å². The Kier molecular flexibility index (Phi) is 7.29. The molecule has 0 aromatic rings. The average molecular weight is 323 g/mol. The lowest BCUT2D eigenvalue weighted by Crippen LogP contribution is -2.54. The summed E-state index contributed by atoms with van der Waals surface area (Å²) in [6.07, 6.45) is 7.24. The van der Waals surface area contributed by atoms with Crippen molar-refractivity contribution in [1.29, 1.82) is 0 Å². The van der Waals surface area contributed by atoms with Gasteiger partial charge in [-0.15, -0.1) is 13.2 Å². The molecule has 130 valence electrons. The van der Waals surface area contributed by atoms with Gasteiger partial charge in [0, 0.05) is 25.0 Å². The number of rotatable bonds is 10. The van der Waals surface area contributed by atoms with Crippen LogP contribution in [-0.2, 0) is 4.79 Å². The van der Waals surface area contributed by atoms with E-state index in [0.29, 0.717) is 6.54 Å². The second kappa shape index (κ2) is 8.72. The minimum atomic E-state index is -0.944. The molecule has 3 atom stereocenters. The van der Waals surface area contributed by atoms with Crippen molar-refractivity contribution < 1.29 is 14.7 Å². The molecule has 0 heterocycles. The van der Waals surface area contributed by atoms with E-state index < -0.39 is 12.6 Å². The third-order valence-electron chi connectivity index (χ3n) is 4.29. The summed E-state index contributed by atoms with van der Waals surface area (Å²) in [5.41, 5.74) is -0.312. The van der Waals surface area contributed by atoms with E-state index in [4.69, 9.17) is 0 Å². The van der Waals surface area contributed by atoms with Crippen molar-refractivity contribution >= 4 is 11.9 Å².